The summed E-state index contributed by atoms with van der Waals surface area (Å²) in [4.78, 5) is 25.6. The number of esters is 1. The highest BCUT2D eigenvalue weighted by molar-refractivity contribution is 7.09. The van der Waals surface area contributed by atoms with Crippen LogP contribution in [0, 0.1) is 16.0 Å². The Morgan fingerprint density at radius 3 is 3.06 bits per heavy atom. The lowest BCUT2D eigenvalue weighted by Crippen LogP contribution is -2.13. The van der Waals surface area contributed by atoms with Gasteiger partial charge in [0, 0.05) is 16.7 Å². The van der Waals surface area contributed by atoms with Crippen LogP contribution in [0.4, 0.5) is 0 Å². The number of nitro groups is 1. The molecule has 0 unspecified atom stereocenters. The standard InChI is InChI=1S/C10H12N2O4S/c1-2-9-11-6(5-17-9)4-16-10(13)7-3-8(7)12(14)15/h5,7-8H,2-4H2,1H3/t7-,8+/m1/s1. The van der Waals surface area contributed by atoms with Gasteiger partial charge in [0.05, 0.1) is 10.7 Å². The highest BCUT2D eigenvalue weighted by atomic mass is 32.1. The first kappa shape index (κ1) is 12.0. The molecule has 7 heteroatoms. The van der Waals surface area contributed by atoms with E-state index in [9.17, 15) is 14.9 Å². The van der Waals surface area contributed by atoms with Crippen molar-refractivity contribution in [2.75, 3.05) is 0 Å². The van der Waals surface area contributed by atoms with Crippen molar-refractivity contribution >= 4 is 17.3 Å². The molecular formula is C10H12N2O4S. The first-order valence-corrected chi connectivity index (χ1v) is 6.23. The van der Waals surface area contributed by atoms with E-state index < -0.39 is 22.9 Å². The van der Waals surface area contributed by atoms with E-state index >= 15 is 0 Å². The molecule has 1 aromatic rings. The second-order valence-corrected chi connectivity index (χ2v) is 4.83. The summed E-state index contributed by atoms with van der Waals surface area (Å²) >= 11 is 1.52. The first-order chi connectivity index (χ1) is 8.11. The Labute approximate surface area is 102 Å². The summed E-state index contributed by atoms with van der Waals surface area (Å²) in [5, 5.41) is 13.2. The third kappa shape index (κ3) is 2.79. The van der Waals surface area contributed by atoms with Crippen LogP contribution < -0.4 is 0 Å². The molecule has 0 spiro atoms. The number of aromatic nitrogens is 1. The first-order valence-electron chi connectivity index (χ1n) is 5.35. The van der Waals surface area contributed by atoms with Gasteiger partial charge in [-0.3, -0.25) is 14.9 Å². The number of aryl methyl sites for hydroxylation is 1. The van der Waals surface area contributed by atoms with Crippen molar-refractivity contribution in [3.63, 3.8) is 0 Å². The van der Waals surface area contributed by atoms with Crippen LogP contribution in [0.25, 0.3) is 0 Å². The summed E-state index contributed by atoms with van der Waals surface area (Å²) in [5.41, 5.74) is 0.707. The Kier molecular flexibility index (Phi) is 3.37. The van der Waals surface area contributed by atoms with Crippen molar-refractivity contribution in [1.82, 2.24) is 4.98 Å². The molecule has 17 heavy (non-hydrogen) atoms. The average Bonchev–Trinajstić information content (AvgIpc) is 2.99. The van der Waals surface area contributed by atoms with E-state index in [2.05, 4.69) is 4.98 Å². The number of rotatable bonds is 5. The molecule has 0 saturated heterocycles. The molecule has 1 aromatic heterocycles. The predicted octanol–water partition coefficient (Wildman–Crippen LogP) is 1.41. The number of carbonyl (C=O) groups is 1. The second-order valence-electron chi connectivity index (χ2n) is 3.89. The summed E-state index contributed by atoms with van der Waals surface area (Å²) in [6.07, 6.45) is 1.15. The lowest BCUT2D eigenvalue weighted by Gasteiger charge is -2.00. The molecule has 1 fully saturated rings. The normalized spacial score (nSPS) is 22.2. The number of thiazole rings is 1. The van der Waals surface area contributed by atoms with Crippen LogP contribution in [0.2, 0.25) is 0 Å². The number of carbonyl (C=O) groups excluding carboxylic acids is 1. The maximum atomic E-state index is 11.4. The van der Waals surface area contributed by atoms with Gasteiger partial charge in [0.15, 0.2) is 0 Å². The fraction of sp³-hybridized carbons (Fsp3) is 0.600. The molecule has 1 heterocycles. The molecule has 2 atom stereocenters. The lowest BCUT2D eigenvalue weighted by atomic mass is 10.4. The van der Waals surface area contributed by atoms with E-state index in [0.717, 1.165) is 11.4 Å². The molecule has 0 aromatic carbocycles. The number of hydrogen-bond donors (Lipinski definition) is 0. The van der Waals surface area contributed by atoms with Crippen molar-refractivity contribution in [3.05, 3.63) is 26.2 Å². The molecule has 0 radical (unpaired) electrons. The fourth-order valence-corrected chi connectivity index (χ4v) is 2.23. The molecule has 92 valence electrons. The summed E-state index contributed by atoms with van der Waals surface area (Å²) in [6.45, 7) is 2.11. The van der Waals surface area contributed by atoms with Crippen LogP contribution in [0.5, 0.6) is 0 Å². The summed E-state index contributed by atoms with van der Waals surface area (Å²) in [6, 6.07) is -0.746. The van der Waals surface area contributed by atoms with E-state index in [0.29, 0.717) is 12.1 Å². The largest absolute Gasteiger partial charge is 0.459 e. The van der Waals surface area contributed by atoms with Gasteiger partial charge < -0.3 is 4.74 Å². The molecule has 1 aliphatic rings. The van der Waals surface area contributed by atoms with Crippen molar-refractivity contribution in [2.24, 2.45) is 5.92 Å². The van der Waals surface area contributed by atoms with Crippen LogP contribution in [-0.2, 0) is 22.6 Å². The fourth-order valence-electron chi connectivity index (χ4n) is 1.50. The van der Waals surface area contributed by atoms with Gasteiger partial charge in [-0.1, -0.05) is 6.92 Å². The maximum absolute atomic E-state index is 11.4. The summed E-state index contributed by atoms with van der Waals surface area (Å²) in [7, 11) is 0. The quantitative estimate of drug-likeness (QED) is 0.452. The van der Waals surface area contributed by atoms with E-state index in [1.165, 1.54) is 11.3 Å². The molecule has 2 rings (SSSR count). The second kappa shape index (κ2) is 4.79. The van der Waals surface area contributed by atoms with Crippen LogP contribution >= 0.6 is 11.3 Å². The lowest BCUT2D eigenvalue weighted by molar-refractivity contribution is -0.497. The summed E-state index contributed by atoms with van der Waals surface area (Å²) < 4.78 is 4.99. The Hall–Kier alpha value is -1.50. The minimum Gasteiger partial charge on any atom is -0.459 e. The van der Waals surface area contributed by atoms with Crippen molar-refractivity contribution in [1.29, 1.82) is 0 Å². The SMILES string of the molecule is CCc1nc(COC(=O)[C@@H]2C[C@@H]2[N+](=O)[O-])cs1. The third-order valence-corrected chi connectivity index (χ3v) is 3.64. The molecule has 0 bridgehead atoms. The van der Waals surface area contributed by atoms with E-state index in [-0.39, 0.29) is 6.61 Å². The third-order valence-electron chi connectivity index (χ3n) is 2.59. The van der Waals surface area contributed by atoms with Gasteiger partial charge in [-0.15, -0.1) is 11.3 Å². The topological polar surface area (TPSA) is 82.3 Å². The zero-order chi connectivity index (χ0) is 12.4. The minimum absolute atomic E-state index is 0.107. The number of hydrogen-bond acceptors (Lipinski definition) is 6. The molecule has 0 amide bonds. The van der Waals surface area contributed by atoms with Crippen molar-refractivity contribution < 1.29 is 14.5 Å². The van der Waals surface area contributed by atoms with Crippen molar-refractivity contribution in [3.8, 4) is 0 Å². The average molecular weight is 256 g/mol. The van der Waals surface area contributed by atoms with Crippen LogP contribution in [0.15, 0.2) is 5.38 Å². The number of nitrogens with zero attached hydrogens (tertiary/aromatic N) is 2. The van der Waals surface area contributed by atoms with Gasteiger partial charge in [0.1, 0.15) is 12.5 Å². The molecule has 0 N–H and O–H groups in total. The van der Waals surface area contributed by atoms with Crippen LogP contribution in [0.3, 0.4) is 0 Å². The molecular weight excluding hydrogens is 244 g/mol. The Morgan fingerprint density at radius 1 is 1.76 bits per heavy atom. The van der Waals surface area contributed by atoms with Crippen LogP contribution in [-0.4, -0.2) is 21.9 Å². The van der Waals surface area contributed by atoms with Gasteiger partial charge in [0.2, 0.25) is 6.04 Å². The van der Waals surface area contributed by atoms with Crippen LogP contribution in [0.1, 0.15) is 24.0 Å². The Balaban J connectivity index is 1.79. The molecule has 1 saturated carbocycles. The maximum Gasteiger partial charge on any atom is 0.316 e. The Bertz CT molecular complexity index is 445. The molecule has 6 nitrogen and oxygen atoms in total. The highest BCUT2D eigenvalue weighted by Gasteiger charge is 2.54. The molecule has 0 aliphatic heterocycles. The number of ether oxygens (including phenoxy) is 1. The van der Waals surface area contributed by atoms with Gasteiger partial charge in [-0.05, 0) is 6.42 Å². The Morgan fingerprint density at radius 2 is 2.53 bits per heavy atom. The van der Waals surface area contributed by atoms with E-state index in [1.807, 2.05) is 12.3 Å². The van der Waals surface area contributed by atoms with Gasteiger partial charge in [-0.25, -0.2) is 4.98 Å². The zero-order valence-electron chi connectivity index (χ0n) is 9.29. The highest BCUT2D eigenvalue weighted by Crippen LogP contribution is 2.34. The molecule has 1 aliphatic carbocycles. The van der Waals surface area contributed by atoms with E-state index in [4.69, 9.17) is 4.74 Å². The van der Waals surface area contributed by atoms with Gasteiger partial charge in [-0.2, -0.15) is 0 Å². The van der Waals surface area contributed by atoms with Gasteiger partial charge >= 0.3 is 5.97 Å². The van der Waals surface area contributed by atoms with Gasteiger partial charge in [0.25, 0.3) is 0 Å². The zero-order valence-corrected chi connectivity index (χ0v) is 10.1. The monoisotopic (exact) mass is 256 g/mol. The predicted molar refractivity (Wildman–Crippen MR) is 60.2 cm³/mol. The smallest absolute Gasteiger partial charge is 0.316 e. The minimum atomic E-state index is -0.746. The van der Waals surface area contributed by atoms with Crippen molar-refractivity contribution in [2.45, 2.75) is 32.4 Å². The summed E-state index contributed by atoms with van der Waals surface area (Å²) in [5.74, 6) is -1.05. The van der Waals surface area contributed by atoms with E-state index in [1.54, 1.807) is 0 Å².